The van der Waals surface area contributed by atoms with E-state index in [0.717, 1.165) is 27.8 Å². The van der Waals surface area contributed by atoms with Crippen LogP contribution in [0.4, 0.5) is 0 Å². The minimum Gasteiger partial charge on any atom is -0.338 e. The van der Waals surface area contributed by atoms with Crippen molar-refractivity contribution in [1.29, 1.82) is 0 Å². The topological polar surface area (TPSA) is 82.5 Å². The summed E-state index contributed by atoms with van der Waals surface area (Å²) in [6.45, 7) is 5.89. The highest BCUT2D eigenvalue weighted by Crippen LogP contribution is 2.36. The maximum Gasteiger partial charge on any atom is 0.239 e. The van der Waals surface area contributed by atoms with E-state index in [1.54, 1.807) is 19.3 Å². The Bertz CT molecular complexity index is 1060. The van der Waals surface area contributed by atoms with Crippen molar-refractivity contribution < 1.29 is 4.52 Å². The average Bonchev–Trinajstić information content (AvgIpc) is 3.29. The van der Waals surface area contributed by atoms with E-state index in [2.05, 4.69) is 48.9 Å². The Kier molecular flexibility index (Phi) is 4.72. The molecule has 1 atom stereocenters. The molecule has 0 aliphatic rings. The number of hydrogen-bond donors (Lipinski definition) is 0. The molecule has 0 radical (unpaired) electrons. The Morgan fingerprint density at radius 1 is 1.07 bits per heavy atom. The van der Waals surface area contributed by atoms with Gasteiger partial charge in [-0.25, -0.2) is 0 Å². The number of thioether (sulfide) groups is 1. The van der Waals surface area contributed by atoms with E-state index in [9.17, 15) is 0 Å². The maximum absolute atomic E-state index is 5.31. The molecule has 0 N–H and O–H groups in total. The fourth-order valence-electron chi connectivity index (χ4n) is 2.75. The minimum atomic E-state index is -0.0556. The molecule has 8 heteroatoms. The summed E-state index contributed by atoms with van der Waals surface area (Å²) in [6, 6.07) is 12.0. The lowest BCUT2D eigenvalue weighted by Crippen LogP contribution is -2.03. The van der Waals surface area contributed by atoms with Gasteiger partial charge in [0.25, 0.3) is 0 Å². The smallest absolute Gasteiger partial charge is 0.239 e. The van der Waals surface area contributed by atoms with Crippen molar-refractivity contribution in [3.05, 3.63) is 66.1 Å². The van der Waals surface area contributed by atoms with E-state index in [-0.39, 0.29) is 5.25 Å². The first-order chi connectivity index (χ1) is 13.1. The van der Waals surface area contributed by atoms with Crippen LogP contribution in [0, 0.1) is 13.8 Å². The molecule has 0 bridgehead atoms. The van der Waals surface area contributed by atoms with E-state index in [0.29, 0.717) is 11.7 Å². The molecule has 3 heterocycles. The van der Waals surface area contributed by atoms with Crippen molar-refractivity contribution in [2.45, 2.75) is 31.2 Å². The fourth-order valence-corrected chi connectivity index (χ4v) is 3.64. The molecule has 7 nitrogen and oxygen atoms in total. The highest BCUT2D eigenvalue weighted by Gasteiger charge is 2.22. The Hall–Kier alpha value is -3.00. The van der Waals surface area contributed by atoms with Crippen molar-refractivity contribution in [2.24, 2.45) is 0 Å². The van der Waals surface area contributed by atoms with Gasteiger partial charge >= 0.3 is 0 Å². The van der Waals surface area contributed by atoms with Gasteiger partial charge in [0.1, 0.15) is 0 Å². The predicted octanol–water partition coefficient (Wildman–Crippen LogP) is 4.18. The third-order valence-corrected chi connectivity index (χ3v) is 5.11. The van der Waals surface area contributed by atoms with E-state index in [4.69, 9.17) is 4.52 Å². The highest BCUT2D eigenvalue weighted by molar-refractivity contribution is 7.99. The van der Waals surface area contributed by atoms with Crippen molar-refractivity contribution in [2.75, 3.05) is 0 Å². The Balaban J connectivity index is 1.80. The summed E-state index contributed by atoms with van der Waals surface area (Å²) in [5.74, 6) is 1.93. The van der Waals surface area contributed by atoms with E-state index >= 15 is 0 Å². The molecule has 27 heavy (non-hydrogen) atoms. The van der Waals surface area contributed by atoms with Gasteiger partial charge in [0.05, 0.1) is 10.9 Å². The summed E-state index contributed by atoms with van der Waals surface area (Å²) in [4.78, 5) is 8.54. The maximum atomic E-state index is 5.31. The zero-order valence-corrected chi connectivity index (χ0v) is 16.0. The quantitative estimate of drug-likeness (QED) is 0.482. The van der Waals surface area contributed by atoms with Crippen LogP contribution in [-0.4, -0.2) is 29.9 Å². The molecule has 4 aromatic rings. The molecule has 136 valence electrons. The van der Waals surface area contributed by atoms with Gasteiger partial charge in [0.15, 0.2) is 16.8 Å². The third kappa shape index (κ3) is 3.48. The van der Waals surface area contributed by atoms with Crippen molar-refractivity contribution >= 4 is 11.8 Å². The summed E-state index contributed by atoms with van der Waals surface area (Å²) in [5.41, 5.74) is 3.06. The summed E-state index contributed by atoms with van der Waals surface area (Å²) in [7, 11) is 0. The van der Waals surface area contributed by atoms with Crippen LogP contribution in [0.1, 0.15) is 29.5 Å². The number of aromatic nitrogens is 6. The molecular formula is C19H18N6OS. The number of aryl methyl sites for hydroxylation is 2. The third-order valence-electron chi connectivity index (χ3n) is 4.08. The molecule has 0 fully saturated rings. The van der Waals surface area contributed by atoms with Crippen molar-refractivity contribution in [1.82, 2.24) is 29.9 Å². The van der Waals surface area contributed by atoms with Crippen molar-refractivity contribution in [3.8, 4) is 17.1 Å². The number of rotatable bonds is 5. The largest absolute Gasteiger partial charge is 0.338 e. The number of benzene rings is 1. The second-order valence-corrected chi connectivity index (χ2v) is 7.42. The molecule has 0 spiro atoms. The average molecular weight is 378 g/mol. The molecule has 4 rings (SSSR count). The highest BCUT2D eigenvalue weighted by atomic mass is 32.2. The molecule has 0 saturated heterocycles. The molecule has 3 aromatic heterocycles. The molecule has 1 unspecified atom stereocenters. The minimum absolute atomic E-state index is 0.0556. The normalized spacial score (nSPS) is 12.3. The number of nitrogens with zero attached hydrogens (tertiary/aromatic N) is 6. The van der Waals surface area contributed by atoms with Crippen LogP contribution in [0.2, 0.25) is 0 Å². The fraction of sp³-hybridized carbons (Fsp3) is 0.211. The number of pyridine rings is 1. The molecular weight excluding hydrogens is 360 g/mol. The van der Waals surface area contributed by atoms with Gasteiger partial charge in [-0.15, -0.1) is 10.2 Å². The number of para-hydroxylation sites is 1. The SMILES string of the molecule is Cc1noc(C(C)Sc2nnc(-c3cccnc3)n2-c2ccccc2C)n1. The van der Waals surface area contributed by atoms with Gasteiger partial charge in [0.2, 0.25) is 5.89 Å². The summed E-state index contributed by atoms with van der Waals surface area (Å²) in [5, 5.41) is 13.5. The van der Waals surface area contributed by atoms with E-state index < -0.39 is 0 Å². The Labute approximate surface area is 160 Å². The predicted molar refractivity (Wildman–Crippen MR) is 103 cm³/mol. The summed E-state index contributed by atoms with van der Waals surface area (Å²) < 4.78 is 7.36. The number of hydrogen-bond acceptors (Lipinski definition) is 7. The zero-order chi connectivity index (χ0) is 18.8. The summed E-state index contributed by atoms with van der Waals surface area (Å²) >= 11 is 1.53. The van der Waals surface area contributed by atoms with Gasteiger partial charge in [0, 0.05) is 18.0 Å². The standard InChI is InChI=1S/C19H18N6OS/c1-12-7-4-5-9-16(12)25-17(15-8-6-10-20-11-15)22-23-19(25)27-13(2)18-21-14(3)24-26-18/h4-11,13H,1-3H3. The second-order valence-electron chi connectivity index (χ2n) is 6.11. The summed E-state index contributed by atoms with van der Waals surface area (Å²) in [6.07, 6.45) is 3.53. The zero-order valence-electron chi connectivity index (χ0n) is 15.2. The first-order valence-electron chi connectivity index (χ1n) is 8.52. The van der Waals surface area contributed by atoms with Gasteiger partial charge < -0.3 is 4.52 Å². The molecule has 0 aliphatic carbocycles. The van der Waals surface area contributed by atoms with Crippen LogP contribution in [-0.2, 0) is 0 Å². The van der Waals surface area contributed by atoms with Crippen molar-refractivity contribution in [3.63, 3.8) is 0 Å². The Morgan fingerprint density at radius 2 is 1.93 bits per heavy atom. The second kappa shape index (κ2) is 7.32. The molecule has 0 saturated carbocycles. The molecule has 1 aromatic carbocycles. The monoisotopic (exact) mass is 378 g/mol. The lowest BCUT2D eigenvalue weighted by atomic mass is 10.2. The Morgan fingerprint density at radius 3 is 2.63 bits per heavy atom. The van der Waals surface area contributed by atoms with Crippen LogP contribution in [0.15, 0.2) is 58.5 Å². The molecule has 0 aliphatic heterocycles. The van der Waals surface area contributed by atoms with Gasteiger partial charge in [-0.3, -0.25) is 9.55 Å². The lowest BCUT2D eigenvalue weighted by molar-refractivity contribution is 0.376. The van der Waals surface area contributed by atoms with Crippen LogP contribution in [0.3, 0.4) is 0 Å². The van der Waals surface area contributed by atoms with Crippen LogP contribution < -0.4 is 0 Å². The van der Waals surface area contributed by atoms with Gasteiger partial charge in [-0.2, -0.15) is 4.98 Å². The lowest BCUT2D eigenvalue weighted by Gasteiger charge is -2.13. The first-order valence-corrected chi connectivity index (χ1v) is 9.40. The first kappa shape index (κ1) is 17.4. The van der Waals surface area contributed by atoms with Crippen LogP contribution >= 0.6 is 11.8 Å². The van der Waals surface area contributed by atoms with E-state index in [1.165, 1.54) is 11.8 Å². The van der Waals surface area contributed by atoms with Crippen LogP contribution in [0.25, 0.3) is 17.1 Å². The van der Waals surface area contributed by atoms with Crippen LogP contribution in [0.5, 0.6) is 0 Å². The van der Waals surface area contributed by atoms with E-state index in [1.807, 2.05) is 31.2 Å². The van der Waals surface area contributed by atoms with Gasteiger partial charge in [-0.1, -0.05) is 35.1 Å². The molecule has 0 amide bonds. The van der Waals surface area contributed by atoms with Gasteiger partial charge in [-0.05, 0) is 44.5 Å².